The summed E-state index contributed by atoms with van der Waals surface area (Å²) in [5.74, 6) is -0.697. The number of thiocarbonyl (C=S) groups is 1. The SMILES string of the molecule is COC(=O)/C(C#N)=C(/[N-]C(C)=S)SC.[Na+]. The normalized spacial score (nSPS) is 10.3. The van der Waals surface area contributed by atoms with E-state index in [1.807, 2.05) is 0 Å². The molecule has 7 heteroatoms. The van der Waals surface area contributed by atoms with Gasteiger partial charge in [-0.25, -0.2) is 4.79 Å². The van der Waals surface area contributed by atoms with Crippen molar-refractivity contribution in [2.24, 2.45) is 0 Å². The second-order valence-corrected chi connectivity index (χ2v) is 3.50. The first kappa shape index (κ1) is 17.3. The zero-order chi connectivity index (χ0) is 11.1. The summed E-state index contributed by atoms with van der Waals surface area (Å²) in [5, 5.41) is 12.9. The summed E-state index contributed by atoms with van der Waals surface area (Å²) in [6.07, 6.45) is 1.71. The third-order valence-corrected chi connectivity index (χ3v) is 1.94. The molecule has 0 atom stereocenters. The Hall–Kier alpha value is -0.0600. The molecule has 4 nitrogen and oxygen atoms in total. The molecule has 76 valence electrons. The molecule has 0 unspecified atom stereocenters. The standard InChI is InChI=1S/C8H10N2O2S2.Na/c1-5(13)10-7(14-3)6(4-9)8(11)12-2;/h1-3H3,(H,10,11,13);/q;+1/p-1. The van der Waals surface area contributed by atoms with Crippen molar-refractivity contribution in [3.05, 3.63) is 15.9 Å². The maximum absolute atomic E-state index is 11.1. The fraction of sp³-hybridized carbons (Fsp3) is 0.375. The Bertz CT molecular complexity index is 323. The molecule has 0 aromatic heterocycles. The van der Waals surface area contributed by atoms with Crippen LogP contribution in [0.4, 0.5) is 0 Å². The average molecular weight is 252 g/mol. The van der Waals surface area contributed by atoms with Gasteiger partial charge in [-0.3, -0.25) is 0 Å². The quantitative estimate of drug-likeness (QED) is 0.211. The first-order chi connectivity index (χ1) is 6.56. The summed E-state index contributed by atoms with van der Waals surface area (Å²) >= 11 is 5.93. The molecule has 0 heterocycles. The summed E-state index contributed by atoms with van der Waals surface area (Å²) in [5.41, 5.74) is -0.121. The summed E-state index contributed by atoms with van der Waals surface area (Å²) in [4.78, 5) is 11.5. The van der Waals surface area contributed by atoms with E-state index >= 15 is 0 Å². The Morgan fingerprint density at radius 3 is 2.40 bits per heavy atom. The van der Waals surface area contributed by atoms with E-state index in [4.69, 9.17) is 17.5 Å². The molecule has 0 amide bonds. The number of rotatable bonds is 3. The van der Waals surface area contributed by atoms with Crippen LogP contribution in [0.25, 0.3) is 5.32 Å². The van der Waals surface area contributed by atoms with Crippen LogP contribution in [0, 0.1) is 11.3 Å². The minimum Gasteiger partial charge on any atom is -0.646 e. The van der Waals surface area contributed by atoms with Crippen LogP contribution in [-0.4, -0.2) is 24.3 Å². The summed E-state index contributed by atoms with van der Waals surface area (Å²) < 4.78 is 4.43. The molecule has 0 aliphatic carbocycles. The van der Waals surface area contributed by atoms with E-state index in [1.165, 1.54) is 18.9 Å². The van der Waals surface area contributed by atoms with Crippen LogP contribution in [0.1, 0.15) is 6.92 Å². The Labute approximate surface area is 121 Å². The van der Waals surface area contributed by atoms with E-state index in [1.54, 1.807) is 19.2 Å². The van der Waals surface area contributed by atoms with Gasteiger partial charge in [-0.1, -0.05) is 16.9 Å². The number of thioether (sulfide) groups is 1. The molecule has 0 aliphatic heterocycles. The minimum absolute atomic E-state index is 0. The van der Waals surface area contributed by atoms with Gasteiger partial charge in [0.2, 0.25) is 0 Å². The predicted octanol–water partition coefficient (Wildman–Crippen LogP) is -1.02. The van der Waals surface area contributed by atoms with E-state index in [0.717, 1.165) is 0 Å². The maximum Gasteiger partial charge on any atom is 1.00 e. The van der Waals surface area contributed by atoms with Crippen LogP contribution < -0.4 is 29.6 Å². The van der Waals surface area contributed by atoms with Crippen molar-refractivity contribution in [1.82, 2.24) is 0 Å². The number of nitrogens with zero attached hydrogens (tertiary/aromatic N) is 2. The van der Waals surface area contributed by atoms with Crippen molar-refractivity contribution in [3.8, 4) is 6.07 Å². The van der Waals surface area contributed by atoms with Crippen molar-refractivity contribution < 1.29 is 39.1 Å². The average Bonchev–Trinajstić information content (AvgIpc) is 2.16. The van der Waals surface area contributed by atoms with Crippen molar-refractivity contribution >= 4 is 34.9 Å². The molecule has 0 aromatic carbocycles. The zero-order valence-corrected chi connectivity index (χ0v) is 12.7. The van der Waals surface area contributed by atoms with Crippen molar-refractivity contribution in [1.29, 1.82) is 5.26 Å². The van der Waals surface area contributed by atoms with Crippen LogP contribution >= 0.6 is 24.0 Å². The van der Waals surface area contributed by atoms with Crippen LogP contribution in [-0.2, 0) is 9.53 Å². The van der Waals surface area contributed by atoms with E-state index in [0.29, 0.717) is 4.99 Å². The smallest absolute Gasteiger partial charge is 0.646 e. The van der Waals surface area contributed by atoms with Gasteiger partial charge in [0, 0.05) is 0 Å². The summed E-state index contributed by atoms with van der Waals surface area (Å²) in [6.45, 7) is 1.61. The first-order valence-electron chi connectivity index (χ1n) is 3.55. The number of methoxy groups -OCH3 is 1. The summed E-state index contributed by atoms with van der Waals surface area (Å²) in [7, 11) is 1.21. The van der Waals surface area contributed by atoms with Gasteiger partial charge in [-0.15, -0.1) is 12.2 Å². The number of esters is 1. The molecule has 0 bridgehead atoms. The Kier molecular flexibility index (Phi) is 10.6. The van der Waals surface area contributed by atoms with Crippen LogP contribution in [0.15, 0.2) is 10.6 Å². The molecular weight excluding hydrogens is 243 g/mol. The van der Waals surface area contributed by atoms with Gasteiger partial charge in [0.25, 0.3) is 0 Å². The van der Waals surface area contributed by atoms with Gasteiger partial charge < -0.3 is 10.1 Å². The molecule has 0 saturated heterocycles. The molecular formula is C8H9N2NaO2S2. The van der Waals surface area contributed by atoms with Crippen LogP contribution in [0.5, 0.6) is 0 Å². The second kappa shape index (κ2) is 9.19. The molecule has 0 saturated carbocycles. The Balaban J connectivity index is 0. The number of hydrogen-bond acceptors (Lipinski definition) is 5. The third-order valence-electron chi connectivity index (χ3n) is 1.17. The largest absolute Gasteiger partial charge is 1.00 e. The number of carbonyl (C=O) groups is 1. The van der Waals surface area contributed by atoms with E-state index in [9.17, 15) is 4.79 Å². The van der Waals surface area contributed by atoms with Crippen LogP contribution in [0.2, 0.25) is 0 Å². The molecule has 0 spiro atoms. The van der Waals surface area contributed by atoms with Gasteiger partial charge in [0.1, 0.15) is 11.6 Å². The Morgan fingerprint density at radius 2 is 2.13 bits per heavy atom. The monoisotopic (exact) mass is 252 g/mol. The van der Waals surface area contributed by atoms with Gasteiger partial charge in [0.15, 0.2) is 0 Å². The number of ether oxygens (including phenoxy) is 1. The second-order valence-electron chi connectivity index (χ2n) is 2.12. The fourth-order valence-electron chi connectivity index (χ4n) is 0.629. The fourth-order valence-corrected chi connectivity index (χ4v) is 1.34. The summed E-state index contributed by atoms with van der Waals surface area (Å²) in [6, 6.07) is 1.74. The maximum atomic E-state index is 11.1. The molecule has 0 fully saturated rings. The van der Waals surface area contributed by atoms with E-state index < -0.39 is 5.97 Å². The molecule has 0 radical (unpaired) electrons. The van der Waals surface area contributed by atoms with Gasteiger partial charge in [-0.05, 0) is 6.26 Å². The Morgan fingerprint density at radius 1 is 1.60 bits per heavy atom. The zero-order valence-electron chi connectivity index (χ0n) is 9.03. The molecule has 0 aliphatic rings. The predicted molar refractivity (Wildman–Crippen MR) is 59.8 cm³/mol. The van der Waals surface area contributed by atoms with Gasteiger partial charge in [-0.2, -0.15) is 17.0 Å². The number of hydrogen-bond donors (Lipinski definition) is 0. The van der Waals surface area contributed by atoms with Gasteiger partial charge in [0.05, 0.1) is 7.11 Å². The topological polar surface area (TPSA) is 64.2 Å². The molecule has 15 heavy (non-hydrogen) atoms. The minimum atomic E-state index is -0.697. The molecule has 0 rings (SSSR count). The third kappa shape index (κ3) is 6.17. The van der Waals surface area contributed by atoms with Crippen LogP contribution in [0.3, 0.4) is 0 Å². The van der Waals surface area contributed by atoms with E-state index in [2.05, 4.69) is 10.1 Å². The van der Waals surface area contributed by atoms with Crippen molar-refractivity contribution in [2.45, 2.75) is 6.92 Å². The number of nitriles is 1. The van der Waals surface area contributed by atoms with Crippen molar-refractivity contribution in [3.63, 3.8) is 0 Å². The molecule has 0 N–H and O–H groups in total. The number of carbonyl (C=O) groups excluding carboxylic acids is 1. The van der Waals surface area contributed by atoms with Crippen molar-refractivity contribution in [2.75, 3.05) is 13.4 Å². The van der Waals surface area contributed by atoms with E-state index in [-0.39, 0.29) is 40.2 Å². The van der Waals surface area contributed by atoms with Gasteiger partial charge >= 0.3 is 35.5 Å². The molecule has 0 aromatic rings. The first-order valence-corrected chi connectivity index (χ1v) is 5.19.